The Labute approximate surface area is 117 Å². The molecule has 0 atom stereocenters. The van der Waals surface area contributed by atoms with Crippen LogP contribution in [0.1, 0.15) is 24.9 Å². The molecule has 0 aliphatic carbocycles. The van der Waals surface area contributed by atoms with Gasteiger partial charge in [-0.05, 0) is 25.5 Å². The number of halogens is 1. The zero-order valence-electron chi connectivity index (χ0n) is 11.7. The molecule has 0 radical (unpaired) electrons. The molecule has 2 rings (SSSR count). The van der Waals surface area contributed by atoms with Crippen LogP contribution in [0.3, 0.4) is 0 Å². The minimum Gasteiger partial charge on any atom is -0.490 e. The summed E-state index contributed by atoms with van der Waals surface area (Å²) < 4.78 is 24.5. The zero-order valence-corrected chi connectivity index (χ0v) is 11.7. The molecule has 0 aliphatic rings. The second-order valence-corrected chi connectivity index (χ2v) is 4.58. The van der Waals surface area contributed by atoms with Crippen LogP contribution in [0, 0.1) is 12.7 Å². The molecule has 108 valence electrons. The van der Waals surface area contributed by atoms with Crippen molar-refractivity contribution in [1.82, 2.24) is 0 Å². The summed E-state index contributed by atoms with van der Waals surface area (Å²) in [6.45, 7) is 4.80. The third-order valence-electron chi connectivity index (χ3n) is 2.81. The highest BCUT2D eigenvalue weighted by Gasteiger charge is 2.09. The minimum atomic E-state index is -0.449. The van der Waals surface area contributed by atoms with E-state index in [1.54, 1.807) is 6.07 Å². The summed E-state index contributed by atoms with van der Waals surface area (Å²) in [5, 5.41) is 3.12. The Balaban J connectivity index is 2.09. The number of nitrogen functional groups attached to an aromatic ring is 1. The lowest BCUT2D eigenvalue weighted by molar-refractivity contribution is 0.301. The van der Waals surface area contributed by atoms with E-state index >= 15 is 0 Å². The molecule has 3 N–H and O–H groups in total. The van der Waals surface area contributed by atoms with Crippen LogP contribution in [0.4, 0.5) is 15.8 Å². The maximum absolute atomic E-state index is 13.7. The van der Waals surface area contributed by atoms with Crippen molar-refractivity contribution in [2.24, 2.45) is 0 Å². The van der Waals surface area contributed by atoms with Gasteiger partial charge >= 0.3 is 0 Å². The molecule has 0 unspecified atom stereocenters. The van der Waals surface area contributed by atoms with E-state index < -0.39 is 5.82 Å². The quantitative estimate of drug-likeness (QED) is 0.791. The van der Waals surface area contributed by atoms with Crippen molar-refractivity contribution in [1.29, 1.82) is 0 Å². The van der Waals surface area contributed by atoms with Crippen molar-refractivity contribution >= 4 is 11.4 Å². The van der Waals surface area contributed by atoms with Gasteiger partial charge in [0.25, 0.3) is 0 Å². The van der Waals surface area contributed by atoms with Crippen molar-refractivity contribution in [2.45, 2.75) is 26.8 Å². The second kappa shape index (κ2) is 6.32. The van der Waals surface area contributed by atoms with E-state index in [0.717, 1.165) is 17.9 Å². The van der Waals surface area contributed by atoms with Crippen LogP contribution in [-0.4, -0.2) is 6.61 Å². The molecule has 5 heteroatoms. The molecule has 1 heterocycles. The van der Waals surface area contributed by atoms with Crippen LogP contribution < -0.4 is 15.8 Å². The average molecular weight is 278 g/mol. The maximum atomic E-state index is 13.7. The molecule has 4 nitrogen and oxygen atoms in total. The number of nitrogens with one attached hydrogen (secondary N) is 1. The van der Waals surface area contributed by atoms with Crippen LogP contribution in [0.5, 0.6) is 5.75 Å². The van der Waals surface area contributed by atoms with E-state index in [0.29, 0.717) is 24.5 Å². The largest absolute Gasteiger partial charge is 0.490 e. The molecule has 2 aromatic rings. The summed E-state index contributed by atoms with van der Waals surface area (Å²) in [5.41, 5.74) is 6.77. The lowest BCUT2D eigenvalue weighted by Crippen LogP contribution is -2.04. The topological polar surface area (TPSA) is 60.4 Å². The Hall–Kier alpha value is -2.17. The molecule has 0 saturated heterocycles. The van der Waals surface area contributed by atoms with Gasteiger partial charge in [0.1, 0.15) is 11.5 Å². The fraction of sp³-hybridized carbons (Fsp3) is 0.333. The van der Waals surface area contributed by atoms with Gasteiger partial charge < -0.3 is 20.2 Å². The molecule has 0 saturated carbocycles. The Morgan fingerprint density at radius 2 is 2.15 bits per heavy atom. The van der Waals surface area contributed by atoms with Crippen molar-refractivity contribution < 1.29 is 13.5 Å². The van der Waals surface area contributed by atoms with Gasteiger partial charge in [0.15, 0.2) is 11.6 Å². The third-order valence-corrected chi connectivity index (χ3v) is 2.81. The van der Waals surface area contributed by atoms with E-state index in [4.69, 9.17) is 14.9 Å². The third kappa shape index (κ3) is 3.44. The van der Waals surface area contributed by atoms with Gasteiger partial charge in [0.2, 0.25) is 0 Å². The first-order valence-corrected chi connectivity index (χ1v) is 6.61. The Kier molecular flexibility index (Phi) is 4.50. The molecule has 1 aromatic carbocycles. The zero-order chi connectivity index (χ0) is 14.5. The first-order chi connectivity index (χ1) is 9.60. The van der Waals surface area contributed by atoms with Gasteiger partial charge in [-0.15, -0.1) is 0 Å². The summed E-state index contributed by atoms with van der Waals surface area (Å²) >= 11 is 0. The van der Waals surface area contributed by atoms with E-state index in [1.807, 2.05) is 26.0 Å². The van der Waals surface area contributed by atoms with Gasteiger partial charge in [-0.1, -0.05) is 6.92 Å². The molecule has 1 aromatic heterocycles. The number of hydrogen-bond acceptors (Lipinski definition) is 4. The van der Waals surface area contributed by atoms with Crippen LogP contribution in [0.2, 0.25) is 0 Å². The van der Waals surface area contributed by atoms with Crippen LogP contribution in [0.25, 0.3) is 0 Å². The lowest BCUT2D eigenvalue weighted by Gasteiger charge is -2.12. The summed E-state index contributed by atoms with van der Waals surface area (Å²) in [5.74, 6) is 1.40. The molecule has 0 bridgehead atoms. The predicted octanol–water partition coefficient (Wildman–Crippen LogP) is 3.71. The number of rotatable bonds is 6. The predicted molar refractivity (Wildman–Crippen MR) is 77.4 cm³/mol. The monoisotopic (exact) mass is 278 g/mol. The number of benzene rings is 1. The Bertz CT molecular complexity index is 581. The number of aryl methyl sites for hydroxylation is 1. The summed E-state index contributed by atoms with van der Waals surface area (Å²) in [6, 6.07) is 6.62. The first kappa shape index (κ1) is 14.2. The summed E-state index contributed by atoms with van der Waals surface area (Å²) in [6.07, 6.45) is 0.818. The fourth-order valence-electron chi connectivity index (χ4n) is 1.81. The van der Waals surface area contributed by atoms with Gasteiger partial charge in [0.05, 0.1) is 24.5 Å². The molecule has 0 fully saturated rings. The summed E-state index contributed by atoms with van der Waals surface area (Å²) in [7, 11) is 0. The van der Waals surface area contributed by atoms with E-state index in [-0.39, 0.29) is 5.75 Å². The second-order valence-electron chi connectivity index (χ2n) is 4.58. The molecule has 0 aliphatic heterocycles. The SMILES string of the molecule is CCCOc1cc(NCc2ccc(C)o2)c(N)cc1F. The van der Waals surface area contributed by atoms with Crippen LogP contribution >= 0.6 is 0 Å². The molecule has 20 heavy (non-hydrogen) atoms. The Morgan fingerprint density at radius 1 is 1.35 bits per heavy atom. The summed E-state index contributed by atoms with van der Waals surface area (Å²) in [4.78, 5) is 0. The van der Waals surface area contributed by atoms with Crippen LogP contribution in [0.15, 0.2) is 28.7 Å². The number of ether oxygens (including phenoxy) is 1. The number of anilines is 2. The van der Waals surface area contributed by atoms with Crippen molar-refractivity contribution in [3.05, 3.63) is 41.6 Å². The Morgan fingerprint density at radius 3 is 2.80 bits per heavy atom. The highest BCUT2D eigenvalue weighted by molar-refractivity contribution is 5.68. The molecule has 0 spiro atoms. The van der Waals surface area contributed by atoms with Crippen molar-refractivity contribution in [3.8, 4) is 5.75 Å². The highest BCUT2D eigenvalue weighted by atomic mass is 19.1. The van der Waals surface area contributed by atoms with E-state index in [2.05, 4.69) is 5.32 Å². The molecular weight excluding hydrogens is 259 g/mol. The minimum absolute atomic E-state index is 0.208. The normalized spacial score (nSPS) is 10.6. The molecule has 0 amide bonds. The standard InChI is InChI=1S/C15H19FN2O2/c1-3-6-19-15-8-14(13(17)7-12(15)16)18-9-11-5-4-10(2)20-11/h4-5,7-8,18H,3,6,9,17H2,1-2H3. The van der Waals surface area contributed by atoms with Gasteiger partial charge in [-0.3, -0.25) is 0 Å². The number of nitrogens with two attached hydrogens (primary N) is 1. The van der Waals surface area contributed by atoms with Crippen molar-refractivity contribution in [2.75, 3.05) is 17.7 Å². The fourth-order valence-corrected chi connectivity index (χ4v) is 1.81. The highest BCUT2D eigenvalue weighted by Crippen LogP contribution is 2.28. The van der Waals surface area contributed by atoms with Gasteiger partial charge in [-0.2, -0.15) is 0 Å². The van der Waals surface area contributed by atoms with Gasteiger partial charge in [-0.25, -0.2) is 4.39 Å². The molecular formula is C15H19FN2O2. The smallest absolute Gasteiger partial charge is 0.167 e. The van der Waals surface area contributed by atoms with Crippen LogP contribution in [-0.2, 0) is 6.54 Å². The lowest BCUT2D eigenvalue weighted by atomic mass is 10.2. The number of hydrogen-bond donors (Lipinski definition) is 2. The van der Waals surface area contributed by atoms with E-state index in [9.17, 15) is 4.39 Å². The van der Waals surface area contributed by atoms with Crippen molar-refractivity contribution in [3.63, 3.8) is 0 Å². The van der Waals surface area contributed by atoms with E-state index in [1.165, 1.54) is 6.07 Å². The van der Waals surface area contributed by atoms with Gasteiger partial charge in [0, 0.05) is 12.1 Å². The first-order valence-electron chi connectivity index (χ1n) is 6.61. The maximum Gasteiger partial charge on any atom is 0.167 e. The number of furan rings is 1. The average Bonchev–Trinajstić information content (AvgIpc) is 2.82.